The summed E-state index contributed by atoms with van der Waals surface area (Å²) in [5, 5.41) is 5.08. The van der Waals surface area contributed by atoms with E-state index in [9.17, 15) is 36.2 Å². The number of carbonyl (C=O) groups excluding carboxylic acids is 3. The predicted octanol–water partition coefficient (Wildman–Crippen LogP) is 3.87. The van der Waals surface area contributed by atoms with Crippen molar-refractivity contribution < 1.29 is 36.2 Å². The van der Waals surface area contributed by atoms with Crippen molar-refractivity contribution in [3.8, 4) is 0 Å². The van der Waals surface area contributed by atoms with Crippen molar-refractivity contribution in [2.45, 2.75) is 45.5 Å². The van der Waals surface area contributed by atoms with Crippen LogP contribution in [0, 0.1) is 5.82 Å². The van der Waals surface area contributed by atoms with Gasteiger partial charge in [-0.1, -0.05) is 6.07 Å². The lowest BCUT2D eigenvalue weighted by Gasteiger charge is -2.31. The SMILES string of the molecule is C[C@@H](C(=O)NC(C)(C)C)N(C(=O)C[S@](=O)CC(=O)Nc1ccc(F)cc1)c1cccc(C(F)(F)F)c1. The minimum Gasteiger partial charge on any atom is -0.350 e. The Morgan fingerprint density at radius 3 is 2.17 bits per heavy atom. The zero-order chi connectivity index (χ0) is 27.3. The van der Waals surface area contributed by atoms with Gasteiger partial charge >= 0.3 is 6.18 Å². The van der Waals surface area contributed by atoms with Crippen LogP contribution in [-0.4, -0.2) is 45.0 Å². The summed E-state index contributed by atoms with van der Waals surface area (Å²) in [6.45, 7) is 6.43. The van der Waals surface area contributed by atoms with Gasteiger partial charge in [-0.25, -0.2) is 4.39 Å². The predicted molar refractivity (Wildman–Crippen MR) is 129 cm³/mol. The molecule has 2 aromatic carbocycles. The van der Waals surface area contributed by atoms with Gasteiger partial charge in [0, 0.05) is 27.7 Å². The molecular formula is C24H27F4N3O4S. The van der Waals surface area contributed by atoms with E-state index in [0.29, 0.717) is 0 Å². The minimum atomic E-state index is -4.69. The third-order valence-electron chi connectivity index (χ3n) is 4.69. The molecule has 3 amide bonds. The Hall–Kier alpha value is -3.28. The second-order valence-electron chi connectivity index (χ2n) is 9.01. The van der Waals surface area contributed by atoms with Gasteiger partial charge in [-0.15, -0.1) is 0 Å². The smallest absolute Gasteiger partial charge is 0.350 e. The van der Waals surface area contributed by atoms with Gasteiger partial charge in [-0.05, 0) is 70.2 Å². The number of amides is 3. The summed E-state index contributed by atoms with van der Waals surface area (Å²) in [7, 11) is -2.06. The lowest BCUT2D eigenvalue weighted by Crippen LogP contribution is -2.53. The quantitative estimate of drug-likeness (QED) is 0.508. The monoisotopic (exact) mass is 529 g/mol. The fraction of sp³-hybridized carbons (Fsp3) is 0.375. The van der Waals surface area contributed by atoms with Crippen molar-refractivity contribution in [1.82, 2.24) is 5.32 Å². The van der Waals surface area contributed by atoms with E-state index in [-0.39, 0.29) is 11.4 Å². The standard InChI is InChI=1S/C24H27F4N3O4S/c1-15(22(34)30-23(2,3)4)31(19-7-5-6-16(12-19)24(26,27)28)21(33)14-36(35)13-20(32)29-18-10-8-17(25)9-11-18/h5-12,15H,13-14H2,1-4H3,(H,29,32)(H,30,34)/t15-,36+/m0/s1. The molecule has 7 nitrogen and oxygen atoms in total. The first kappa shape index (κ1) is 29.0. The van der Waals surface area contributed by atoms with Crippen LogP contribution >= 0.6 is 0 Å². The molecule has 0 heterocycles. The first-order valence-corrected chi connectivity index (χ1v) is 12.3. The van der Waals surface area contributed by atoms with Gasteiger partial charge in [0.05, 0.1) is 5.56 Å². The molecule has 2 N–H and O–H groups in total. The lowest BCUT2D eigenvalue weighted by atomic mass is 10.1. The van der Waals surface area contributed by atoms with Crippen LogP contribution in [-0.2, 0) is 31.4 Å². The van der Waals surface area contributed by atoms with Crippen molar-refractivity contribution in [3.05, 3.63) is 59.9 Å². The first-order chi connectivity index (χ1) is 16.6. The summed E-state index contributed by atoms with van der Waals surface area (Å²) in [6.07, 6.45) is -4.69. The molecule has 0 radical (unpaired) electrons. The molecule has 196 valence electrons. The van der Waals surface area contributed by atoms with Crippen LogP contribution in [0.25, 0.3) is 0 Å². The van der Waals surface area contributed by atoms with Crippen LogP contribution in [0.2, 0.25) is 0 Å². The summed E-state index contributed by atoms with van der Waals surface area (Å²) in [6, 6.07) is 7.47. The topological polar surface area (TPSA) is 95.6 Å². The summed E-state index contributed by atoms with van der Waals surface area (Å²) in [5.74, 6) is -4.08. The lowest BCUT2D eigenvalue weighted by molar-refractivity contribution is -0.137. The van der Waals surface area contributed by atoms with E-state index in [4.69, 9.17) is 0 Å². The molecule has 2 atom stereocenters. The largest absolute Gasteiger partial charge is 0.416 e. The summed E-state index contributed by atoms with van der Waals surface area (Å²) >= 11 is 0. The number of rotatable bonds is 8. The molecule has 12 heteroatoms. The van der Waals surface area contributed by atoms with Crippen LogP contribution in [0.5, 0.6) is 0 Å². The van der Waals surface area contributed by atoms with Crippen molar-refractivity contribution in [2.24, 2.45) is 0 Å². The molecule has 2 rings (SSSR count). The van der Waals surface area contributed by atoms with Gasteiger partial charge in [0.2, 0.25) is 17.7 Å². The van der Waals surface area contributed by atoms with Gasteiger partial charge in [0.1, 0.15) is 23.4 Å². The second kappa shape index (κ2) is 11.6. The van der Waals surface area contributed by atoms with Gasteiger partial charge in [-0.3, -0.25) is 23.5 Å². The Labute approximate surface area is 208 Å². The van der Waals surface area contributed by atoms with Crippen LogP contribution in [0.15, 0.2) is 48.5 Å². The molecule has 0 aliphatic rings. The third kappa shape index (κ3) is 8.74. The Bertz CT molecular complexity index is 1130. The fourth-order valence-corrected chi connectivity index (χ4v) is 4.02. The van der Waals surface area contributed by atoms with Crippen LogP contribution in [0.1, 0.15) is 33.3 Å². The highest BCUT2D eigenvalue weighted by Gasteiger charge is 2.34. The Kier molecular flexibility index (Phi) is 9.36. The van der Waals surface area contributed by atoms with Gasteiger partial charge in [0.25, 0.3) is 0 Å². The maximum Gasteiger partial charge on any atom is 0.416 e. The average molecular weight is 530 g/mol. The maximum absolute atomic E-state index is 13.3. The molecule has 0 spiro atoms. The molecular weight excluding hydrogens is 502 g/mol. The third-order valence-corrected chi connectivity index (χ3v) is 5.84. The number of nitrogens with one attached hydrogen (secondary N) is 2. The van der Waals surface area contributed by atoms with E-state index in [0.717, 1.165) is 35.2 Å². The Morgan fingerprint density at radius 1 is 1.00 bits per heavy atom. The normalized spacial score (nSPS) is 13.4. The Balaban J connectivity index is 2.24. The number of carbonyl (C=O) groups is 3. The van der Waals surface area contributed by atoms with E-state index in [1.165, 1.54) is 25.1 Å². The second-order valence-corrected chi connectivity index (χ2v) is 10.5. The number of anilines is 2. The molecule has 0 aromatic heterocycles. The first-order valence-electron chi connectivity index (χ1n) is 10.8. The summed E-state index contributed by atoms with van der Waals surface area (Å²) < 4.78 is 65.4. The molecule has 0 aliphatic heterocycles. The molecule has 0 saturated heterocycles. The minimum absolute atomic E-state index is 0.209. The summed E-state index contributed by atoms with van der Waals surface area (Å²) in [4.78, 5) is 38.9. The van der Waals surface area contributed by atoms with Crippen molar-refractivity contribution in [3.63, 3.8) is 0 Å². The highest BCUT2D eigenvalue weighted by atomic mass is 32.2. The molecule has 0 unspecified atom stereocenters. The molecule has 0 bridgehead atoms. The van der Waals surface area contributed by atoms with Crippen LogP contribution in [0.3, 0.4) is 0 Å². The maximum atomic E-state index is 13.3. The number of hydrogen-bond acceptors (Lipinski definition) is 4. The zero-order valence-corrected chi connectivity index (χ0v) is 20.9. The molecule has 0 aliphatic carbocycles. The van der Waals surface area contributed by atoms with Crippen LogP contribution < -0.4 is 15.5 Å². The number of benzene rings is 2. The molecule has 0 saturated carbocycles. The fourth-order valence-electron chi connectivity index (χ4n) is 3.14. The van der Waals surface area contributed by atoms with E-state index < -0.39 is 69.2 Å². The zero-order valence-electron chi connectivity index (χ0n) is 20.1. The number of hydrogen-bond donors (Lipinski definition) is 2. The van der Waals surface area contributed by atoms with Gasteiger partial charge in [0.15, 0.2) is 0 Å². The van der Waals surface area contributed by atoms with Gasteiger partial charge < -0.3 is 10.6 Å². The van der Waals surface area contributed by atoms with Gasteiger partial charge in [-0.2, -0.15) is 13.2 Å². The van der Waals surface area contributed by atoms with Crippen molar-refractivity contribution in [1.29, 1.82) is 0 Å². The highest BCUT2D eigenvalue weighted by Crippen LogP contribution is 2.32. The number of nitrogens with zero attached hydrogens (tertiary/aromatic N) is 1. The highest BCUT2D eigenvalue weighted by molar-refractivity contribution is 7.86. The van der Waals surface area contributed by atoms with Crippen molar-refractivity contribution >= 4 is 39.9 Å². The molecule has 36 heavy (non-hydrogen) atoms. The Morgan fingerprint density at radius 2 is 1.61 bits per heavy atom. The molecule has 0 fully saturated rings. The van der Waals surface area contributed by atoms with Crippen molar-refractivity contribution in [2.75, 3.05) is 21.7 Å². The summed E-state index contributed by atoms with van der Waals surface area (Å²) in [5.41, 5.74) is -1.67. The number of alkyl halides is 3. The van der Waals surface area contributed by atoms with E-state index in [1.807, 2.05) is 0 Å². The van der Waals surface area contributed by atoms with E-state index in [1.54, 1.807) is 20.8 Å². The average Bonchev–Trinajstić information content (AvgIpc) is 2.73. The van der Waals surface area contributed by atoms with E-state index in [2.05, 4.69) is 10.6 Å². The van der Waals surface area contributed by atoms with E-state index >= 15 is 0 Å². The number of halogens is 4. The van der Waals surface area contributed by atoms with Crippen LogP contribution in [0.4, 0.5) is 28.9 Å². The molecule has 2 aromatic rings.